The number of carbonyl (C=O) groups is 1. The minimum absolute atomic E-state index is 0. The number of fused-ring (bicyclic) bond motifs is 5. The number of amides is 1. The summed E-state index contributed by atoms with van der Waals surface area (Å²) in [6.45, 7) is 4.14. The standard InChI is InChI=1S/C26H33N4O8PS.2Na/c1-14-13-27-25(40-14)28-22(31)9-4-15-12-21(29-37-3)26(2)11-10-17-16-7-8-20(38-39(34,35)36)24(30(32)33)19(16)6-5-18(17)23(15)26;;/h7-8,13,15,17-18,23H,4-6,9-12H2,1-3H3,(H,27,28,31)(H2,34,35,36);;/q;2*+1/p-2/b29-21+;;/t15-,17?,18?,23?,26-;;/m1../s1. The second-order valence-electron chi connectivity index (χ2n) is 11.1. The number of nitro groups is 1. The average Bonchev–Trinajstić information content (AvgIpc) is 3.41. The Balaban J connectivity index is 0.00000242. The number of aromatic nitrogens is 1. The maximum atomic E-state index is 12.8. The van der Waals surface area contributed by atoms with Crippen LogP contribution in [0.4, 0.5) is 10.8 Å². The van der Waals surface area contributed by atoms with E-state index in [1.54, 1.807) is 12.3 Å². The summed E-state index contributed by atoms with van der Waals surface area (Å²) in [5, 5.41) is 19.9. The van der Waals surface area contributed by atoms with Crippen molar-refractivity contribution in [2.75, 3.05) is 12.4 Å². The minimum atomic E-state index is -5.47. The maximum absolute atomic E-state index is 12.8. The van der Waals surface area contributed by atoms with Gasteiger partial charge in [-0.05, 0) is 80.8 Å². The molecule has 3 aliphatic carbocycles. The first-order chi connectivity index (χ1) is 18.9. The van der Waals surface area contributed by atoms with Crippen LogP contribution >= 0.6 is 19.2 Å². The van der Waals surface area contributed by atoms with Gasteiger partial charge in [0.25, 0.3) is 0 Å². The molecule has 0 spiro atoms. The molecule has 2 fully saturated rings. The fourth-order valence-corrected chi connectivity index (χ4v) is 8.60. The number of rotatable bonds is 8. The van der Waals surface area contributed by atoms with Crippen molar-refractivity contribution in [3.8, 4) is 5.75 Å². The molecule has 12 nitrogen and oxygen atoms in total. The molecule has 3 unspecified atom stereocenters. The van der Waals surface area contributed by atoms with E-state index in [1.807, 2.05) is 6.92 Å². The van der Waals surface area contributed by atoms with Gasteiger partial charge in [0.05, 0.1) is 10.6 Å². The molecule has 3 aliphatic rings. The Labute approximate surface area is 292 Å². The zero-order chi connectivity index (χ0) is 28.8. The first-order valence-electron chi connectivity index (χ1n) is 13.3. The maximum Gasteiger partial charge on any atom is 1.00 e. The van der Waals surface area contributed by atoms with Crippen LogP contribution in [-0.2, 0) is 20.6 Å². The molecule has 0 aliphatic heterocycles. The van der Waals surface area contributed by atoms with Crippen LogP contribution in [0.2, 0.25) is 0 Å². The Hall–Kier alpha value is -0.860. The second kappa shape index (κ2) is 14.1. The Bertz CT molecular complexity index is 1420. The Morgan fingerprint density at radius 1 is 1.31 bits per heavy atom. The van der Waals surface area contributed by atoms with Crippen LogP contribution in [0.3, 0.4) is 0 Å². The zero-order valence-electron chi connectivity index (χ0n) is 24.5. The number of oxime groups is 1. The molecule has 0 bridgehead atoms. The molecule has 216 valence electrons. The monoisotopic (exact) mass is 636 g/mol. The van der Waals surface area contributed by atoms with Gasteiger partial charge in [-0.25, -0.2) is 4.98 Å². The van der Waals surface area contributed by atoms with Gasteiger partial charge in [-0.3, -0.25) is 14.9 Å². The molecule has 1 N–H and O–H groups in total. The number of thiazole rings is 1. The van der Waals surface area contributed by atoms with Crippen molar-refractivity contribution in [2.24, 2.45) is 28.3 Å². The average molecular weight is 637 g/mol. The van der Waals surface area contributed by atoms with Crippen LogP contribution in [0.15, 0.2) is 23.5 Å². The number of anilines is 1. The van der Waals surface area contributed by atoms with Gasteiger partial charge in [0.2, 0.25) is 11.7 Å². The van der Waals surface area contributed by atoms with Crippen LogP contribution in [0.1, 0.15) is 67.4 Å². The summed E-state index contributed by atoms with van der Waals surface area (Å²) in [6, 6.07) is 2.90. The number of benzene rings is 1. The summed E-state index contributed by atoms with van der Waals surface area (Å²) in [6.07, 6.45) is 5.99. The Kier molecular flexibility index (Phi) is 11.9. The fourth-order valence-electron chi connectivity index (χ4n) is 7.53. The van der Waals surface area contributed by atoms with E-state index in [-0.39, 0.29) is 94.1 Å². The summed E-state index contributed by atoms with van der Waals surface area (Å²) in [5.74, 6) is -0.0833. The second-order valence-corrected chi connectivity index (χ2v) is 13.4. The van der Waals surface area contributed by atoms with Crippen molar-refractivity contribution < 1.29 is 92.5 Å². The van der Waals surface area contributed by atoms with E-state index in [2.05, 4.69) is 26.9 Å². The van der Waals surface area contributed by atoms with Crippen LogP contribution < -0.4 is 78.7 Å². The number of nitro benzene ring substituents is 1. The third kappa shape index (κ3) is 7.17. The number of phosphoric ester groups is 1. The molecule has 5 rings (SSSR count). The predicted molar refractivity (Wildman–Crippen MR) is 144 cm³/mol. The van der Waals surface area contributed by atoms with Gasteiger partial charge < -0.3 is 29.0 Å². The molecule has 1 aromatic heterocycles. The normalized spacial score (nSPS) is 27.0. The fraction of sp³-hybridized carbons (Fsp3) is 0.577. The van der Waals surface area contributed by atoms with E-state index in [4.69, 9.17) is 4.84 Å². The molecule has 0 radical (unpaired) electrons. The summed E-state index contributed by atoms with van der Waals surface area (Å²) in [4.78, 5) is 57.0. The Morgan fingerprint density at radius 3 is 2.67 bits per heavy atom. The number of nitrogens with one attached hydrogen (secondary N) is 1. The largest absolute Gasteiger partial charge is 1.00 e. The minimum Gasteiger partial charge on any atom is -0.780 e. The smallest absolute Gasteiger partial charge is 0.780 e. The number of hydrogen-bond acceptors (Lipinski definition) is 11. The van der Waals surface area contributed by atoms with Crippen LogP contribution in [0.5, 0.6) is 5.75 Å². The number of aryl methyl sites for hydroxylation is 1. The quantitative estimate of drug-likeness (QED) is 0.150. The summed E-state index contributed by atoms with van der Waals surface area (Å²) < 4.78 is 15.7. The van der Waals surface area contributed by atoms with Gasteiger partial charge in [-0.2, -0.15) is 0 Å². The Morgan fingerprint density at radius 2 is 2.05 bits per heavy atom. The van der Waals surface area contributed by atoms with Gasteiger partial charge >= 0.3 is 64.8 Å². The molecule has 5 atom stereocenters. The van der Waals surface area contributed by atoms with Crippen molar-refractivity contribution in [3.63, 3.8) is 0 Å². The van der Waals surface area contributed by atoms with E-state index in [0.29, 0.717) is 42.8 Å². The van der Waals surface area contributed by atoms with Gasteiger partial charge in [-0.1, -0.05) is 18.1 Å². The third-order valence-corrected chi connectivity index (χ3v) is 10.2. The van der Waals surface area contributed by atoms with Gasteiger partial charge in [-0.15, -0.1) is 11.3 Å². The SMILES string of the molecule is CO/N=C1\C[C@@H](CCC(=O)Nc2ncc(C)s2)C2C3CCc4c(ccc(OP(=O)([O-])[O-])c4[N+](=O)[O-])C3CC[C@]12C.[Na+].[Na+]. The first-order valence-corrected chi connectivity index (χ1v) is 15.5. The van der Waals surface area contributed by atoms with Crippen LogP contribution in [-0.4, -0.2) is 28.6 Å². The topological polar surface area (TPSA) is 179 Å². The zero-order valence-corrected chi connectivity index (χ0v) is 30.2. The van der Waals surface area contributed by atoms with E-state index in [1.165, 1.54) is 24.5 Å². The van der Waals surface area contributed by atoms with Gasteiger partial charge in [0.1, 0.15) is 14.9 Å². The first kappa shape index (κ1) is 35.6. The number of phosphoric acid groups is 1. The molecule has 1 amide bonds. The molecular weight excluding hydrogens is 605 g/mol. The van der Waals surface area contributed by atoms with Gasteiger partial charge in [0.15, 0.2) is 5.13 Å². The molecular formula is C26H31N4Na2O8PS. The van der Waals surface area contributed by atoms with Crippen molar-refractivity contribution in [1.82, 2.24) is 4.98 Å². The molecule has 16 heteroatoms. The van der Waals surface area contributed by atoms with Crippen LogP contribution in [0.25, 0.3) is 0 Å². The summed E-state index contributed by atoms with van der Waals surface area (Å²) in [7, 11) is -3.93. The summed E-state index contributed by atoms with van der Waals surface area (Å²) in [5.41, 5.74) is 1.54. The van der Waals surface area contributed by atoms with E-state index in [9.17, 15) is 29.3 Å². The molecule has 1 heterocycles. The van der Waals surface area contributed by atoms with Crippen molar-refractivity contribution in [2.45, 2.75) is 64.7 Å². The van der Waals surface area contributed by atoms with E-state index >= 15 is 0 Å². The molecule has 42 heavy (non-hydrogen) atoms. The molecule has 0 saturated heterocycles. The summed E-state index contributed by atoms with van der Waals surface area (Å²) >= 11 is 1.43. The predicted octanol–water partition coefficient (Wildman–Crippen LogP) is -1.92. The number of carbonyl (C=O) groups excluding carboxylic acids is 1. The number of nitrogens with zero attached hydrogens (tertiary/aromatic N) is 3. The van der Waals surface area contributed by atoms with Crippen LogP contribution in [0, 0.1) is 40.2 Å². The number of hydrogen-bond donors (Lipinski definition) is 1. The molecule has 2 saturated carbocycles. The van der Waals surface area contributed by atoms with Crippen molar-refractivity contribution in [3.05, 3.63) is 44.4 Å². The van der Waals surface area contributed by atoms with E-state index in [0.717, 1.165) is 29.0 Å². The van der Waals surface area contributed by atoms with Gasteiger partial charge in [0, 0.05) is 28.5 Å². The molecule has 1 aromatic carbocycles. The third-order valence-electron chi connectivity index (χ3n) is 8.92. The van der Waals surface area contributed by atoms with Crippen molar-refractivity contribution >= 4 is 41.6 Å². The van der Waals surface area contributed by atoms with E-state index < -0.39 is 24.2 Å². The van der Waals surface area contributed by atoms with Crippen molar-refractivity contribution in [1.29, 1.82) is 0 Å². The molecule has 2 aromatic rings.